The fraction of sp³-hybridized carbons (Fsp3) is 1.00. The highest BCUT2D eigenvalue weighted by atomic mass is 15.6. The number of rotatable bonds is 3. The predicted octanol–water partition coefficient (Wildman–Crippen LogP) is 0.892. The van der Waals surface area contributed by atoms with Gasteiger partial charge < -0.3 is 10.6 Å². The summed E-state index contributed by atoms with van der Waals surface area (Å²) in [5.41, 5.74) is 10.4. The van der Waals surface area contributed by atoms with Gasteiger partial charge in [-0.1, -0.05) is 20.8 Å². The van der Waals surface area contributed by atoms with Crippen LogP contribution in [-0.4, -0.2) is 55.2 Å². The molecular weight excluding hydrogens is 224 g/mol. The SMILES string of the molecule is CC1CC(C)(C)CC1(CN)NN1CCN(C)CC1. The van der Waals surface area contributed by atoms with Crippen LogP contribution in [0.25, 0.3) is 0 Å². The average Bonchev–Trinajstić information content (AvgIpc) is 2.52. The van der Waals surface area contributed by atoms with Gasteiger partial charge in [0, 0.05) is 38.3 Å². The van der Waals surface area contributed by atoms with Gasteiger partial charge in [-0.3, -0.25) is 0 Å². The number of hydrogen-bond donors (Lipinski definition) is 2. The summed E-state index contributed by atoms with van der Waals surface area (Å²) in [6.07, 6.45) is 2.45. The fourth-order valence-corrected chi connectivity index (χ4v) is 3.83. The number of piperazine rings is 1. The van der Waals surface area contributed by atoms with E-state index >= 15 is 0 Å². The van der Waals surface area contributed by atoms with Crippen molar-refractivity contribution in [2.75, 3.05) is 39.8 Å². The third kappa shape index (κ3) is 2.87. The summed E-state index contributed by atoms with van der Waals surface area (Å²) in [5, 5.41) is 2.39. The minimum atomic E-state index is 0.111. The molecule has 2 unspecified atom stereocenters. The Bertz CT molecular complexity index is 284. The summed E-state index contributed by atoms with van der Waals surface area (Å²) < 4.78 is 0. The Morgan fingerprint density at radius 1 is 1.22 bits per heavy atom. The summed E-state index contributed by atoms with van der Waals surface area (Å²) >= 11 is 0. The van der Waals surface area contributed by atoms with Crippen LogP contribution < -0.4 is 11.2 Å². The Kier molecular flexibility index (Phi) is 4.02. The van der Waals surface area contributed by atoms with Crippen molar-refractivity contribution in [3.63, 3.8) is 0 Å². The lowest BCUT2D eigenvalue weighted by molar-refractivity contribution is 0.0400. The molecule has 0 aromatic carbocycles. The van der Waals surface area contributed by atoms with Crippen LogP contribution in [0, 0.1) is 11.3 Å². The molecule has 2 aliphatic rings. The molecule has 0 bridgehead atoms. The topological polar surface area (TPSA) is 44.5 Å². The molecule has 0 amide bonds. The van der Waals surface area contributed by atoms with Crippen molar-refractivity contribution in [1.29, 1.82) is 0 Å². The number of nitrogens with one attached hydrogen (secondary N) is 1. The maximum absolute atomic E-state index is 6.13. The van der Waals surface area contributed by atoms with Gasteiger partial charge in [-0.05, 0) is 31.2 Å². The largest absolute Gasteiger partial charge is 0.329 e. The van der Waals surface area contributed by atoms with Gasteiger partial charge >= 0.3 is 0 Å². The lowest BCUT2D eigenvalue weighted by atomic mass is 9.87. The zero-order valence-corrected chi connectivity index (χ0v) is 12.5. The van der Waals surface area contributed by atoms with Crippen molar-refractivity contribution >= 4 is 0 Å². The van der Waals surface area contributed by atoms with Crippen LogP contribution >= 0.6 is 0 Å². The smallest absolute Gasteiger partial charge is 0.0478 e. The quantitative estimate of drug-likeness (QED) is 0.785. The molecule has 1 heterocycles. The molecule has 4 heteroatoms. The van der Waals surface area contributed by atoms with Gasteiger partial charge in [-0.25, -0.2) is 10.4 Å². The Balaban J connectivity index is 2.00. The van der Waals surface area contributed by atoms with E-state index < -0.39 is 0 Å². The van der Waals surface area contributed by atoms with E-state index in [1.807, 2.05) is 0 Å². The molecule has 2 fully saturated rings. The first kappa shape index (κ1) is 14.3. The summed E-state index contributed by atoms with van der Waals surface area (Å²) in [7, 11) is 2.19. The molecule has 1 saturated carbocycles. The minimum Gasteiger partial charge on any atom is -0.329 e. The minimum absolute atomic E-state index is 0.111. The van der Waals surface area contributed by atoms with Crippen LogP contribution in [0.1, 0.15) is 33.6 Å². The molecule has 3 N–H and O–H groups in total. The average molecular weight is 254 g/mol. The van der Waals surface area contributed by atoms with E-state index in [0.717, 1.165) is 32.7 Å². The lowest BCUT2D eigenvalue weighted by Gasteiger charge is -2.42. The van der Waals surface area contributed by atoms with Crippen molar-refractivity contribution in [3.8, 4) is 0 Å². The number of likely N-dealkylation sites (N-methyl/N-ethyl adjacent to an activating group) is 1. The molecule has 0 radical (unpaired) electrons. The fourth-order valence-electron chi connectivity index (χ4n) is 3.83. The lowest BCUT2D eigenvalue weighted by Crippen LogP contribution is -2.63. The molecule has 0 spiro atoms. The summed E-state index contributed by atoms with van der Waals surface area (Å²) in [6, 6.07) is 0. The van der Waals surface area contributed by atoms with Gasteiger partial charge in [0.25, 0.3) is 0 Å². The zero-order valence-electron chi connectivity index (χ0n) is 12.5. The maximum Gasteiger partial charge on any atom is 0.0478 e. The third-order valence-electron chi connectivity index (χ3n) is 4.84. The highest BCUT2D eigenvalue weighted by Gasteiger charge is 2.48. The second kappa shape index (κ2) is 5.08. The Morgan fingerprint density at radius 2 is 1.83 bits per heavy atom. The zero-order chi connectivity index (χ0) is 13.4. The monoisotopic (exact) mass is 254 g/mol. The Hall–Kier alpha value is -0.160. The van der Waals surface area contributed by atoms with E-state index in [4.69, 9.17) is 5.73 Å². The molecule has 106 valence electrons. The van der Waals surface area contributed by atoms with Crippen molar-refractivity contribution in [1.82, 2.24) is 15.3 Å². The van der Waals surface area contributed by atoms with Crippen LogP contribution in [0.4, 0.5) is 0 Å². The van der Waals surface area contributed by atoms with Gasteiger partial charge in [-0.15, -0.1) is 0 Å². The van der Waals surface area contributed by atoms with Gasteiger partial charge in [-0.2, -0.15) is 0 Å². The number of hydrogen-bond acceptors (Lipinski definition) is 4. The number of nitrogens with two attached hydrogens (primary N) is 1. The van der Waals surface area contributed by atoms with E-state index in [2.05, 4.69) is 43.2 Å². The maximum atomic E-state index is 6.13. The van der Waals surface area contributed by atoms with E-state index in [9.17, 15) is 0 Å². The van der Waals surface area contributed by atoms with Crippen molar-refractivity contribution in [2.45, 2.75) is 39.2 Å². The highest BCUT2D eigenvalue weighted by molar-refractivity contribution is 5.04. The van der Waals surface area contributed by atoms with Gasteiger partial charge in [0.15, 0.2) is 0 Å². The van der Waals surface area contributed by atoms with Crippen molar-refractivity contribution in [2.24, 2.45) is 17.1 Å². The second-order valence-electron chi connectivity index (χ2n) is 7.21. The van der Waals surface area contributed by atoms with Crippen LogP contribution in [0.3, 0.4) is 0 Å². The molecule has 1 aliphatic heterocycles. The van der Waals surface area contributed by atoms with Gasteiger partial charge in [0.2, 0.25) is 0 Å². The van der Waals surface area contributed by atoms with Crippen LogP contribution in [0.5, 0.6) is 0 Å². The number of hydrazine groups is 1. The second-order valence-corrected chi connectivity index (χ2v) is 7.21. The van der Waals surface area contributed by atoms with Gasteiger partial charge in [0.05, 0.1) is 0 Å². The molecule has 1 saturated heterocycles. The van der Waals surface area contributed by atoms with Crippen LogP contribution in [0.2, 0.25) is 0 Å². The first-order valence-electron chi connectivity index (χ1n) is 7.28. The molecular formula is C14H30N4. The van der Waals surface area contributed by atoms with E-state index in [1.54, 1.807) is 0 Å². The number of nitrogens with zero attached hydrogens (tertiary/aromatic N) is 2. The van der Waals surface area contributed by atoms with Crippen LogP contribution in [-0.2, 0) is 0 Å². The van der Waals surface area contributed by atoms with Crippen LogP contribution in [0.15, 0.2) is 0 Å². The van der Waals surface area contributed by atoms with Gasteiger partial charge in [0.1, 0.15) is 0 Å². The normalized spacial score (nSPS) is 38.2. The predicted molar refractivity (Wildman–Crippen MR) is 76.2 cm³/mol. The molecule has 18 heavy (non-hydrogen) atoms. The standard InChI is InChI=1S/C14H30N4/c1-12-9-13(2,3)10-14(12,11-15)16-18-7-5-17(4)6-8-18/h12,16H,5-11,15H2,1-4H3. The van der Waals surface area contributed by atoms with Crippen molar-refractivity contribution < 1.29 is 0 Å². The Labute approximate surface area is 112 Å². The van der Waals surface area contributed by atoms with E-state index in [1.165, 1.54) is 12.8 Å². The molecule has 0 aromatic rings. The summed E-state index contributed by atoms with van der Waals surface area (Å²) in [6.45, 7) is 12.3. The molecule has 2 atom stereocenters. The molecule has 4 nitrogen and oxygen atoms in total. The van der Waals surface area contributed by atoms with E-state index in [0.29, 0.717) is 11.3 Å². The molecule has 0 aromatic heterocycles. The summed E-state index contributed by atoms with van der Waals surface area (Å²) in [5.74, 6) is 0.650. The first-order chi connectivity index (χ1) is 8.37. The first-order valence-corrected chi connectivity index (χ1v) is 7.28. The van der Waals surface area contributed by atoms with Crippen molar-refractivity contribution in [3.05, 3.63) is 0 Å². The third-order valence-corrected chi connectivity index (χ3v) is 4.84. The highest BCUT2D eigenvalue weighted by Crippen LogP contribution is 2.47. The Morgan fingerprint density at radius 3 is 2.28 bits per heavy atom. The van der Waals surface area contributed by atoms with E-state index in [-0.39, 0.29) is 5.54 Å². The summed E-state index contributed by atoms with van der Waals surface area (Å²) in [4.78, 5) is 2.38. The molecule has 2 rings (SSSR count). The molecule has 1 aliphatic carbocycles.